The van der Waals surface area contributed by atoms with E-state index in [1.807, 2.05) is 0 Å². The molecule has 0 saturated heterocycles. The van der Waals surface area contributed by atoms with Gasteiger partial charge in [-0.2, -0.15) is 4.98 Å². The highest BCUT2D eigenvalue weighted by Crippen LogP contribution is 2.54. The number of aromatic nitrogens is 2. The van der Waals surface area contributed by atoms with Gasteiger partial charge in [0, 0.05) is 6.42 Å². The van der Waals surface area contributed by atoms with Gasteiger partial charge in [-0.05, 0) is 0 Å². The first kappa shape index (κ1) is 5.76. The van der Waals surface area contributed by atoms with Crippen molar-refractivity contribution in [1.29, 1.82) is 0 Å². The lowest BCUT2D eigenvalue weighted by molar-refractivity contribution is 0.106. The van der Waals surface area contributed by atoms with E-state index in [1.165, 1.54) is 0 Å². The molecule has 1 saturated carbocycles. The highest BCUT2D eigenvalue weighted by atomic mass is 19.3. The molecule has 2 rings (SSSR count). The molecule has 0 aliphatic heterocycles. The minimum atomic E-state index is -2.60. The number of rotatable bonds is 1. The SMILES string of the molecule is FC1(F)CC1c1ncno1. The third-order valence-electron chi connectivity index (χ3n) is 1.50. The summed E-state index contributed by atoms with van der Waals surface area (Å²) in [6, 6.07) is 0. The predicted octanol–water partition coefficient (Wildman–Crippen LogP) is 1.19. The molecule has 0 N–H and O–H groups in total. The van der Waals surface area contributed by atoms with E-state index in [-0.39, 0.29) is 12.3 Å². The molecule has 1 atom stereocenters. The lowest BCUT2D eigenvalue weighted by atomic mass is 10.4. The summed E-state index contributed by atoms with van der Waals surface area (Å²) in [6.07, 6.45) is 0.971. The summed E-state index contributed by atoms with van der Waals surface area (Å²) in [5.74, 6) is -3.38. The predicted molar refractivity (Wildman–Crippen MR) is 26.6 cm³/mol. The maximum absolute atomic E-state index is 12.2. The van der Waals surface area contributed by atoms with Crippen LogP contribution in [0.1, 0.15) is 18.2 Å². The Balaban J connectivity index is 2.19. The van der Waals surface area contributed by atoms with E-state index in [4.69, 9.17) is 0 Å². The molecule has 1 aliphatic rings. The minimum Gasteiger partial charge on any atom is -0.339 e. The van der Waals surface area contributed by atoms with Gasteiger partial charge >= 0.3 is 0 Å². The van der Waals surface area contributed by atoms with Gasteiger partial charge in [0.1, 0.15) is 5.92 Å². The molecule has 1 heterocycles. The molecule has 1 aromatic heterocycles. The smallest absolute Gasteiger partial charge is 0.260 e. The van der Waals surface area contributed by atoms with Crippen molar-refractivity contribution in [3.63, 3.8) is 0 Å². The van der Waals surface area contributed by atoms with Gasteiger partial charge in [0.15, 0.2) is 6.33 Å². The number of hydrogen-bond acceptors (Lipinski definition) is 3. The molecular formula is C5H4F2N2O. The molecule has 10 heavy (non-hydrogen) atoms. The number of nitrogens with zero attached hydrogens (tertiary/aromatic N) is 2. The Morgan fingerprint density at radius 1 is 1.70 bits per heavy atom. The van der Waals surface area contributed by atoms with E-state index in [9.17, 15) is 8.78 Å². The minimum absolute atomic E-state index is 0.0463. The second-order valence-electron chi connectivity index (χ2n) is 2.30. The maximum atomic E-state index is 12.2. The van der Waals surface area contributed by atoms with Gasteiger partial charge < -0.3 is 4.52 Å². The summed E-state index contributed by atoms with van der Waals surface area (Å²) in [5, 5.41) is 3.23. The highest BCUT2D eigenvalue weighted by molar-refractivity contribution is 5.12. The molecule has 5 heteroatoms. The first-order chi connectivity index (χ1) is 4.70. The Hall–Kier alpha value is -1.00. The molecule has 0 amide bonds. The number of hydrogen-bond donors (Lipinski definition) is 0. The molecule has 54 valence electrons. The Labute approximate surface area is 55.0 Å². The monoisotopic (exact) mass is 146 g/mol. The third-order valence-corrected chi connectivity index (χ3v) is 1.50. The zero-order valence-corrected chi connectivity index (χ0v) is 4.92. The maximum Gasteiger partial charge on any atom is 0.260 e. The standard InChI is InChI=1S/C5H4F2N2O/c6-5(7)1-3(5)4-8-2-9-10-4/h2-3H,1H2. The zero-order valence-electron chi connectivity index (χ0n) is 4.92. The van der Waals surface area contributed by atoms with Gasteiger partial charge in [0.05, 0.1) is 0 Å². The number of alkyl halides is 2. The molecule has 0 aromatic carbocycles. The van der Waals surface area contributed by atoms with Gasteiger partial charge in [0.2, 0.25) is 5.89 Å². The van der Waals surface area contributed by atoms with E-state index in [2.05, 4.69) is 14.7 Å². The molecule has 1 fully saturated rings. The fourth-order valence-electron chi connectivity index (χ4n) is 0.816. The third kappa shape index (κ3) is 0.698. The fraction of sp³-hybridized carbons (Fsp3) is 0.600. The van der Waals surface area contributed by atoms with E-state index in [0.717, 1.165) is 6.33 Å². The molecule has 1 unspecified atom stereocenters. The summed E-state index contributed by atoms with van der Waals surface area (Å²) >= 11 is 0. The normalized spacial score (nSPS) is 28.4. The van der Waals surface area contributed by atoms with Crippen molar-refractivity contribution in [2.24, 2.45) is 0 Å². The highest BCUT2D eigenvalue weighted by Gasteiger charge is 2.60. The quantitative estimate of drug-likeness (QED) is 0.597. The van der Waals surface area contributed by atoms with Crippen molar-refractivity contribution in [2.45, 2.75) is 18.3 Å². The topological polar surface area (TPSA) is 38.9 Å². The first-order valence-corrected chi connectivity index (χ1v) is 2.84. The van der Waals surface area contributed by atoms with E-state index < -0.39 is 11.8 Å². The summed E-state index contributed by atoms with van der Waals surface area (Å²) < 4.78 is 28.9. The van der Waals surface area contributed by atoms with Gasteiger partial charge in [0.25, 0.3) is 5.92 Å². The van der Waals surface area contributed by atoms with Crippen molar-refractivity contribution in [2.75, 3.05) is 0 Å². The average Bonchev–Trinajstić information content (AvgIpc) is 2.31. The molecule has 0 bridgehead atoms. The summed E-state index contributed by atoms with van der Waals surface area (Å²) in [6.45, 7) is 0. The summed E-state index contributed by atoms with van der Waals surface area (Å²) in [7, 11) is 0. The summed E-state index contributed by atoms with van der Waals surface area (Å²) in [4.78, 5) is 3.52. The second-order valence-corrected chi connectivity index (χ2v) is 2.30. The van der Waals surface area contributed by atoms with Crippen molar-refractivity contribution in [3.05, 3.63) is 12.2 Å². The summed E-state index contributed by atoms with van der Waals surface area (Å²) in [5.41, 5.74) is 0. The van der Waals surface area contributed by atoms with Crippen LogP contribution in [0.4, 0.5) is 8.78 Å². The van der Waals surface area contributed by atoms with Crippen LogP contribution in [0, 0.1) is 0 Å². The van der Waals surface area contributed by atoms with E-state index in [0.29, 0.717) is 0 Å². The number of halogens is 2. The zero-order chi connectivity index (χ0) is 7.19. The van der Waals surface area contributed by atoms with Crippen LogP contribution in [0.3, 0.4) is 0 Å². The van der Waals surface area contributed by atoms with Crippen LogP contribution >= 0.6 is 0 Å². The molecule has 0 radical (unpaired) electrons. The van der Waals surface area contributed by atoms with Gasteiger partial charge in [-0.3, -0.25) is 0 Å². The van der Waals surface area contributed by atoms with Crippen molar-refractivity contribution in [3.8, 4) is 0 Å². The second kappa shape index (κ2) is 1.53. The van der Waals surface area contributed by atoms with Gasteiger partial charge in [-0.25, -0.2) is 8.78 Å². The Bertz CT molecular complexity index is 234. The molecule has 1 aliphatic carbocycles. The van der Waals surface area contributed by atoms with E-state index >= 15 is 0 Å². The average molecular weight is 146 g/mol. The van der Waals surface area contributed by atoms with Crippen LogP contribution in [0.2, 0.25) is 0 Å². The van der Waals surface area contributed by atoms with Crippen molar-refractivity contribution >= 4 is 0 Å². The van der Waals surface area contributed by atoms with Crippen molar-refractivity contribution < 1.29 is 13.3 Å². The molecule has 3 nitrogen and oxygen atoms in total. The molecule has 1 aromatic rings. The Kier molecular flexibility index (Phi) is 0.882. The molecule has 0 spiro atoms. The van der Waals surface area contributed by atoms with Crippen LogP contribution in [0.15, 0.2) is 10.9 Å². The van der Waals surface area contributed by atoms with Crippen LogP contribution < -0.4 is 0 Å². The largest absolute Gasteiger partial charge is 0.339 e. The first-order valence-electron chi connectivity index (χ1n) is 2.84. The van der Waals surface area contributed by atoms with Gasteiger partial charge in [-0.1, -0.05) is 5.16 Å². The fourth-order valence-corrected chi connectivity index (χ4v) is 0.816. The van der Waals surface area contributed by atoms with Crippen LogP contribution in [0.5, 0.6) is 0 Å². The van der Waals surface area contributed by atoms with Crippen LogP contribution in [-0.4, -0.2) is 16.1 Å². The Morgan fingerprint density at radius 2 is 2.40 bits per heavy atom. The van der Waals surface area contributed by atoms with Crippen LogP contribution in [-0.2, 0) is 0 Å². The Morgan fingerprint density at radius 3 is 2.80 bits per heavy atom. The van der Waals surface area contributed by atoms with Gasteiger partial charge in [-0.15, -0.1) is 0 Å². The lowest BCUT2D eigenvalue weighted by Crippen LogP contribution is -1.92. The van der Waals surface area contributed by atoms with Crippen LogP contribution in [0.25, 0.3) is 0 Å². The van der Waals surface area contributed by atoms with E-state index in [1.54, 1.807) is 0 Å². The molecular weight excluding hydrogens is 142 g/mol. The van der Waals surface area contributed by atoms with Crippen molar-refractivity contribution in [1.82, 2.24) is 10.1 Å². The lowest BCUT2D eigenvalue weighted by Gasteiger charge is -1.87.